The van der Waals surface area contributed by atoms with Gasteiger partial charge >= 0.3 is 0 Å². The molecule has 0 aromatic heterocycles. The van der Waals surface area contributed by atoms with Gasteiger partial charge in [-0.05, 0) is 54.2 Å². The van der Waals surface area contributed by atoms with Crippen LogP contribution in [-0.2, 0) is 9.59 Å². The second-order valence-electron chi connectivity index (χ2n) is 6.04. The lowest BCUT2D eigenvalue weighted by atomic mass is 9.90. The predicted octanol–water partition coefficient (Wildman–Crippen LogP) is 2.92. The zero-order chi connectivity index (χ0) is 15.2. The Labute approximate surface area is 133 Å². The van der Waals surface area contributed by atoms with Gasteiger partial charge < -0.3 is 5.32 Å². The van der Waals surface area contributed by atoms with E-state index in [4.69, 9.17) is 0 Å². The molecular weight excluding hydrogens is 332 g/mol. The van der Waals surface area contributed by atoms with Gasteiger partial charge in [-0.1, -0.05) is 25.0 Å². The first kappa shape index (κ1) is 14.6. The second-order valence-corrected chi connectivity index (χ2v) is 6.83. The fourth-order valence-electron chi connectivity index (χ4n) is 3.37. The van der Waals surface area contributed by atoms with E-state index >= 15 is 0 Å². The fourth-order valence-corrected chi connectivity index (χ4v) is 3.83. The summed E-state index contributed by atoms with van der Waals surface area (Å²) in [6.45, 7) is 3.77. The van der Waals surface area contributed by atoms with Crippen LogP contribution in [0.1, 0.15) is 38.2 Å². The average Bonchev–Trinajstić information content (AvgIpc) is 2.91. The highest BCUT2D eigenvalue weighted by Gasteiger charge is 2.51. The third-order valence-electron chi connectivity index (χ3n) is 4.65. The summed E-state index contributed by atoms with van der Waals surface area (Å²) >= 11 is 3.56. The minimum Gasteiger partial charge on any atom is -0.340 e. The summed E-state index contributed by atoms with van der Waals surface area (Å²) in [5, 5.41) is 2.98. The molecule has 1 aliphatic heterocycles. The minimum absolute atomic E-state index is 0.0263. The van der Waals surface area contributed by atoms with Crippen molar-refractivity contribution in [3.8, 4) is 0 Å². The maximum atomic E-state index is 13.1. The van der Waals surface area contributed by atoms with E-state index in [1.54, 1.807) is 11.8 Å². The fraction of sp³-hybridized carbons (Fsp3) is 0.500. The second kappa shape index (κ2) is 5.13. The van der Waals surface area contributed by atoms with Gasteiger partial charge in [0.1, 0.15) is 11.6 Å². The number of nitrogens with zero attached hydrogens (tertiary/aromatic N) is 1. The van der Waals surface area contributed by atoms with E-state index in [0.717, 1.165) is 41.4 Å². The van der Waals surface area contributed by atoms with Crippen molar-refractivity contribution < 1.29 is 9.59 Å². The zero-order valence-electron chi connectivity index (χ0n) is 12.3. The summed E-state index contributed by atoms with van der Waals surface area (Å²) in [7, 11) is 0. The largest absolute Gasteiger partial charge is 0.340 e. The number of carbonyl (C=O) groups excluding carboxylic acids is 2. The van der Waals surface area contributed by atoms with Gasteiger partial charge in [0.15, 0.2) is 0 Å². The SMILES string of the molecule is Cc1cccc(N2C(=O)C3(CCCC3)NC(=O)C2C)c1Br. The molecule has 3 rings (SSSR count). The van der Waals surface area contributed by atoms with Crippen molar-refractivity contribution in [1.29, 1.82) is 0 Å². The van der Waals surface area contributed by atoms with Gasteiger partial charge in [-0.2, -0.15) is 0 Å². The van der Waals surface area contributed by atoms with E-state index < -0.39 is 11.6 Å². The molecule has 2 amide bonds. The highest BCUT2D eigenvalue weighted by Crippen LogP contribution is 2.39. The molecule has 1 unspecified atom stereocenters. The molecule has 1 aromatic carbocycles. The smallest absolute Gasteiger partial charge is 0.253 e. The van der Waals surface area contributed by atoms with Gasteiger partial charge in [-0.3, -0.25) is 14.5 Å². The molecule has 1 N–H and O–H groups in total. The number of halogens is 1. The monoisotopic (exact) mass is 350 g/mol. The Balaban J connectivity index is 2.08. The molecule has 1 aliphatic carbocycles. The Morgan fingerprint density at radius 2 is 1.95 bits per heavy atom. The third kappa shape index (κ3) is 2.18. The Kier molecular flexibility index (Phi) is 3.56. The number of hydrogen-bond acceptors (Lipinski definition) is 2. The predicted molar refractivity (Wildman–Crippen MR) is 85.2 cm³/mol. The van der Waals surface area contributed by atoms with Crippen LogP contribution in [0.4, 0.5) is 5.69 Å². The molecule has 21 heavy (non-hydrogen) atoms. The summed E-state index contributed by atoms with van der Waals surface area (Å²) in [6, 6.07) is 5.32. The summed E-state index contributed by atoms with van der Waals surface area (Å²) < 4.78 is 0.882. The lowest BCUT2D eigenvalue weighted by Gasteiger charge is -2.43. The molecule has 112 valence electrons. The van der Waals surface area contributed by atoms with Crippen molar-refractivity contribution in [3.05, 3.63) is 28.2 Å². The Morgan fingerprint density at radius 1 is 1.29 bits per heavy atom. The highest BCUT2D eigenvalue weighted by molar-refractivity contribution is 9.10. The van der Waals surface area contributed by atoms with E-state index in [-0.39, 0.29) is 11.8 Å². The minimum atomic E-state index is -0.688. The molecule has 5 heteroatoms. The first-order valence-electron chi connectivity index (χ1n) is 7.37. The van der Waals surface area contributed by atoms with Crippen LogP contribution in [0.3, 0.4) is 0 Å². The Morgan fingerprint density at radius 3 is 2.62 bits per heavy atom. The van der Waals surface area contributed by atoms with Crippen molar-refractivity contribution in [2.75, 3.05) is 4.90 Å². The molecule has 4 nitrogen and oxygen atoms in total. The highest BCUT2D eigenvalue weighted by atomic mass is 79.9. The molecule has 1 heterocycles. The molecule has 1 spiro atoms. The van der Waals surface area contributed by atoms with Gasteiger partial charge in [-0.15, -0.1) is 0 Å². The maximum absolute atomic E-state index is 13.1. The van der Waals surface area contributed by atoms with Crippen molar-refractivity contribution in [3.63, 3.8) is 0 Å². The molecular formula is C16H19BrN2O2. The van der Waals surface area contributed by atoms with E-state index in [2.05, 4.69) is 21.2 Å². The zero-order valence-corrected chi connectivity index (χ0v) is 13.9. The molecule has 1 aromatic rings. The number of anilines is 1. The Hall–Kier alpha value is -1.36. The molecule has 1 saturated carbocycles. The summed E-state index contributed by atoms with van der Waals surface area (Å²) in [5.41, 5.74) is 1.15. The van der Waals surface area contributed by atoms with Crippen LogP contribution in [0, 0.1) is 6.92 Å². The molecule has 2 aliphatic rings. The van der Waals surface area contributed by atoms with Gasteiger partial charge in [0.2, 0.25) is 5.91 Å². The first-order chi connectivity index (χ1) is 9.96. The van der Waals surface area contributed by atoms with E-state index in [1.807, 2.05) is 25.1 Å². The Bertz CT molecular complexity index is 608. The van der Waals surface area contributed by atoms with Gasteiger partial charge in [-0.25, -0.2) is 0 Å². The van der Waals surface area contributed by atoms with E-state index in [9.17, 15) is 9.59 Å². The average molecular weight is 351 g/mol. The molecule has 2 fully saturated rings. The van der Waals surface area contributed by atoms with Crippen molar-refractivity contribution in [2.45, 2.75) is 51.1 Å². The number of nitrogens with one attached hydrogen (secondary N) is 1. The normalized spacial score (nSPS) is 24.5. The van der Waals surface area contributed by atoms with Crippen LogP contribution in [0.2, 0.25) is 0 Å². The van der Waals surface area contributed by atoms with Gasteiger partial charge in [0.25, 0.3) is 5.91 Å². The lowest BCUT2D eigenvalue weighted by Crippen LogP contribution is -2.69. The standard InChI is InChI=1S/C16H19BrN2O2/c1-10-6-5-7-12(13(10)17)19-11(2)14(20)18-16(15(19)21)8-3-4-9-16/h5-7,11H,3-4,8-9H2,1-2H3,(H,18,20). The summed E-state index contributed by atoms with van der Waals surface area (Å²) in [5.74, 6) is -0.0386. The number of hydrogen-bond donors (Lipinski definition) is 1. The third-order valence-corrected chi connectivity index (χ3v) is 5.68. The summed E-state index contributed by atoms with van der Waals surface area (Å²) in [4.78, 5) is 27.1. The van der Waals surface area contributed by atoms with Crippen molar-refractivity contribution in [2.24, 2.45) is 0 Å². The van der Waals surface area contributed by atoms with E-state index in [1.165, 1.54) is 0 Å². The summed E-state index contributed by atoms with van der Waals surface area (Å²) in [6.07, 6.45) is 3.46. The lowest BCUT2D eigenvalue weighted by molar-refractivity contribution is -0.137. The van der Waals surface area contributed by atoms with Gasteiger partial charge in [0.05, 0.1) is 5.69 Å². The molecule has 1 saturated heterocycles. The number of carbonyl (C=O) groups is 2. The molecule has 0 bridgehead atoms. The van der Waals surface area contributed by atoms with Crippen LogP contribution in [0.25, 0.3) is 0 Å². The first-order valence-corrected chi connectivity index (χ1v) is 8.16. The van der Waals surface area contributed by atoms with Crippen LogP contribution in [-0.4, -0.2) is 23.4 Å². The van der Waals surface area contributed by atoms with Crippen LogP contribution in [0.5, 0.6) is 0 Å². The van der Waals surface area contributed by atoms with Crippen molar-refractivity contribution in [1.82, 2.24) is 5.32 Å². The van der Waals surface area contributed by atoms with Crippen LogP contribution >= 0.6 is 15.9 Å². The van der Waals surface area contributed by atoms with E-state index in [0.29, 0.717) is 0 Å². The van der Waals surface area contributed by atoms with Crippen molar-refractivity contribution >= 4 is 33.4 Å². The number of piperazine rings is 1. The topological polar surface area (TPSA) is 49.4 Å². The van der Waals surface area contributed by atoms with Crippen LogP contribution < -0.4 is 10.2 Å². The number of aryl methyl sites for hydroxylation is 1. The number of benzene rings is 1. The number of amides is 2. The number of rotatable bonds is 1. The maximum Gasteiger partial charge on any atom is 0.253 e. The molecule has 1 atom stereocenters. The molecule has 0 radical (unpaired) electrons. The quantitative estimate of drug-likeness (QED) is 0.846. The van der Waals surface area contributed by atoms with Crippen LogP contribution in [0.15, 0.2) is 22.7 Å². The van der Waals surface area contributed by atoms with Gasteiger partial charge in [0, 0.05) is 4.47 Å².